The van der Waals surface area contributed by atoms with Gasteiger partial charge in [0.15, 0.2) is 6.10 Å². The second-order valence-corrected chi connectivity index (χ2v) is 14.8. The highest BCUT2D eigenvalue weighted by atomic mass is 16.6. The summed E-state index contributed by atoms with van der Waals surface area (Å²) in [5.41, 5.74) is 0. The Balaban J connectivity index is 4.38. The number of hydrogen-bond donors (Lipinski definition) is 0. The highest BCUT2D eigenvalue weighted by molar-refractivity contribution is 5.70. The normalized spacial score (nSPS) is 13.4. The number of esters is 2. The van der Waals surface area contributed by atoms with E-state index in [1.165, 1.54) is 83.5 Å². The second kappa shape index (κ2) is 34.6. The number of ether oxygens (including phenoxy) is 3. The van der Waals surface area contributed by atoms with Gasteiger partial charge in [-0.15, -0.1) is 0 Å². The standard InChI is InChI=1S/C43H77NO7/c1-6-8-10-12-14-16-18-19-20-21-22-24-25-27-29-31-33-41(45)50-38-39(37-49-36-35-40(43(47)48)44(3,4)5)51-42(46)34-32-30-28-26-23-17-15-13-11-9-7-2/h9,11,15,17,26,28,39-40H,6-8,10,12-14,16,18-25,27,29-38H2,1-5H3/b11-9+,17-15+,28-26+. The van der Waals surface area contributed by atoms with E-state index in [-0.39, 0.29) is 49.1 Å². The summed E-state index contributed by atoms with van der Waals surface area (Å²) >= 11 is 0. The first-order valence-electron chi connectivity index (χ1n) is 20.5. The predicted octanol–water partition coefficient (Wildman–Crippen LogP) is 9.35. The Morgan fingerprint density at radius 3 is 1.61 bits per heavy atom. The molecule has 0 aromatic rings. The Labute approximate surface area is 313 Å². The molecule has 0 aromatic carbocycles. The fourth-order valence-corrected chi connectivity index (χ4v) is 5.86. The molecule has 8 nitrogen and oxygen atoms in total. The minimum absolute atomic E-state index is 0.0225. The van der Waals surface area contributed by atoms with E-state index in [4.69, 9.17) is 14.2 Å². The summed E-state index contributed by atoms with van der Waals surface area (Å²) in [5.74, 6) is -1.80. The van der Waals surface area contributed by atoms with Crippen LogP contribution in [-0.2, 0) is 28.6 Å². The van der Waals surface area contributed by atoms with Crippen molar-refractivity contribution in [3.05, 3.63) is 36.5 Å². The summed E-state index contributed by atoms with van der Waals surface area (Å²) in [4.78, 5) is 36.7. The highest BCUT2D eigenvalue weighted by Crippen LogP contribution is 2.15. The molecule has 296 valence electrons. The van der Waals surface area contributed by atoms with Crippen LogP contribution in [0.25, 0.3) is 0 Å². The van der Waals surface area contributed by atoms with Crippen LogP contribution >= 0.6 is 0 Å². The Bertz CT molecular complexity index is 937. The van der Waals surface area contributed by atoms with Crippen molar-refractivity contribution in [2.75, 3.05) is 41.0 Å². The maximum absolute atomic E-state index is 12.6. The van der Waals surface area contributed by atoms with Gasteiger partial charge in [0.05, 0.1) is 40.3 Å². The van der Waals surface area contributed by atoms with Crippen molar-refractivity contribution >= 4 is 17.9 Å². The lowest BCUT2D eigenvalue weighted by molar-refractivity contribution is -0.889. The van der Waals surface area contributed by atoms with E-state index in [0.717, 1.165) is 44.9 Å². The molecule has 0 heterocycles. The SMILES string of the molecule is CC/C=C/C/C=C/C/C=C/CCCC(=O)OC(COCCC(C(=O)[O-])[N+](C)(C)C)COC(=O)CCCCCCCCCCCCCCCCCC. The van der Waals surface area contributed by atoms with Crippen molar-refractivity contribution in [1.29, 1.82) is 0 Å². The number of carbonyl (C=O) groups is 3. The molecule has 0 N–H and O–H groups in total. The van der Waals surface area contributed by atoms with Crippen LogP contribution in [0.3, 0.4) is 0 Å². The zero-order valence-corrected chi connectivity index (χ0v) is 33.5. The van der Waals surface area contributed by atoms with E-state index in [9.17, 15) is 19.5 Å². The van der Waals surface area contributed by atoms with Gasteiger partial charge in [0.25, 0.3) is 0 Å². The molecule has 2 unspecified atom stereocenters. The Morgan fingerprint density at radius 1 is 0.608 bits per heavy atom. The van der Waals surface area contributed by atoms with Crippen LogP contribution in [0.5, 0.6) is 0 Å². The first kappa shape index (κ1) is 48.5. The molecular weight excluding hydrogens is 642 g/mol. The van der Waals surface area contributed by atoms with Crippen LogP contribution in [0, 0.1) is 0 Å². The van der Waals surface area contributed by atoms with Crippen molar-refractivity contribution in [2.45, 2.75) is 180 Å². The van der Waals surface area contributed by atoms with E-state index >= 15 is 0 Å². The van der Waals surface area contributed by atoms with Crippen LogP contribution < -0.4 is 5.11 Å². The van der Waals surface area contributed by atoms with Crippen LogP contribution in [0.1, 0.15) is 168 Å². The molecule has 51 heavy (non-hydrogen) atoms. The summed E-state index contributed by atoms with van der Waals surface area (Å²) in [7, 11) is 5.38. The number of carbonyl (C=O) groups excluding carboxylic acids is 3. The van der Waals surface area contributed by atoms with Gasteiger partial charge in [0.1, 0.15) is 12.6 Å². The number of rotatable bonds is 36. The third-order valence-corrected chi connectivity index (χ3v) is 9.04. The first-order chi connectivity index (χ1) is 24.6. The molecule has 8 heteroatoms. The van der Waals surface area contributed by atoms with Crippen molar-refractivity contribution in [1.82, 2.24) is 0 Å². The zero-order chi connectivity index (χ0) is 37.8. The van der Waals surface area contributed by atoms with E-state index in [1.54, 1.807) is 21.1 Å². The summed E-state index contributed by atoms with van der Waals surface area (Å²) < 4.78 is 17.0. The fraction of sp³-hybridized carbons (Fsp3) is 0.791. The molecule has 0 aliphatic carbocycles. The number of likely N-dealkylation sites (N-methyl/N-ethyl adjacent to an activating group) is 1. The molecule has 0 aliphatic rings. The molecule has 0 radical (unpaired) electrons. The first-order valence-corrected chi connectivity index (χ1v) is 20.5. The average Bonchev–Trinajstić information content (AvgIpc) is 3.08. The van der Waals surface area contributed by atoms with Gasteiger partial charge >= 0.3 is 11.9 Å². The van der Waals surface area contributed by atoms with Crippen LogP contribution in [0.4, 0.5) is 0 Å². The number of aliphatic carboxylic acids is 1. The summed E-state index contributed by atoms with van der Waals surface area (Å²) in [6.07, 6.45) is 37.5. The van der Waals surface area contributed by atoms with Crippen LogP contribution in [0.2, 0.25) is 0 Å². The Kier molecular flexibility index (Phi) is 33.0. The number of carboxylic acids is 1. The topological polar surface area (TPSA) is 102 Å². The van der Waals surface area contributed by atoms with Gasteiger partial charge in [0.2, 0.25) is 0 Å². The van der Waals surface area contributed by atoms with E-state index in [2.05, 4.69) is 50.3 Å². The molecule has 0 fully saturated rings. The smallest absolute Gasteiger partial charge is 0.306 e. The summed E-state index contributed by atoms with van der Waals surface area (Å²) in [6.45, 7) is 4.48. The van der Waals surface area contributed by atoms with E-state index in [1.807, 2.05) is 0 Å². The molecule has 0 saturated heterocycles. The third kappa shape index (κ3) is 33.2. The quantitative estimate of drug-likeness (QED) is 0.0275. The summed E-state index contributed by atoms with van der Waals surface area (Å²) in [6, 6.07) is -0.731. The molecule has 0 rings (SSSR count). The average molecular weight is 720 g/mol. The molecule has 0 aromatic heterocycles. The van der Waals surface area contributed by atoms with Gasteiger partial charge in [-0.3, -0.25) is 9.59 Å². The monoisotopic (exact) mass is 720 g/mol. The summed E-state index contributed by atoms with van der Waals surface area (Å²) in [5, 5.41) is 11.6. The molecule has 0 bridgehead atoms. The van der Waals surface area contributed by atoms with Gasteiger partial charge in [-0.25, -0.2) is 0 Å². The predicted molar refractivity (Wildman–Crippen MR) is 208 cm³/mol. The largest absolute Gasteiger partial charge is 0.544 e. The lowest BCUT2D eigenvalue weighted by Gasteiger charge is -2.34. The Morgan fingerprint density at radius 2 is 1.10 bits per heavy atom. The van der Waals surface area contributed by atoms with Crippen LogP contribution in [0.15, 0.2) is 36.5 Å². The van der Waals surface area contributed by atoms with Gasteiger partial charge in [0, 0.05) is 19.3 Å². The molecule has 0 amide bonds. The Hall–Kier alpha value is -2.45. The van der Waals surface area contributed by atoms with Gasteiger partial charge in [-0.05, 0) is 38.5 Å². The molecular formula is C43H77NO7. The molecule has 0 aliphatic heterocycles. The van der Waals surface area contributed by atoms with Gasteiger partial charge in [-0.2, -0.15) is 0 Å². The zero-order valence-electron chi connectivity index (χ0n) is 33.5. The number of hydrogen-bond acceptors (Lipinski definition) is 7. The lowest BCUT2D eigenvalue weighted by Crippen LogP contribution is -2.55. The third-order valence-electron chi connectivity index (χ3n) is 9.04. The van der Waals surface area contributed by atoms with Crippen molar-refractivity contribution in [2.24, 2.45) is 0 Å². The van der Waals surface area contributed by atoms with Gasteiger partial charge in [-0.1, -0.05) is 147 Å². The number of nitrogens with zero attached hydrogens (tertiary/aromatic N) is 1. The van der Waals surface area contributed by atoms with Crippen molar-refractivity contribution < 1.29 is 38.2 Å². The van der Waals surface area contributed by atoms with Crippen molar-refractivity contribution in [3.63, 3.8) is 0 Å². The van der Waals surface area contributed by atoms with E-state index < -0.39 is 18.1 Å². The minimum Gasteiger partial charge on any atom is -0.544 e. The lowest BCUT2D eigenvalue weighted by atomic mass is 10.0. The number of unbranched alkanes of at least 4 members (excludes halogenated alkanes) is 16. The van der Waals surface area contributed by atoms with Crippen molar-refractivity contribution in [3.8, 4) is 0 Å². The molecule has 0 spiro atoms. The highest BCUT2D eigenvalue weighted by Gasteiger charge is 2.25. The minimum atomic E-state index is -1.13. The van der Waals surface area contributed by atoms with Crippen LogP contribution in [-0.4, -0.2) is 75.5 Å². The van der Waals surface area contributed by atoms with E-state index in [0.29, 0.717) is 12.8 Å². The second-order valence-electron chi connectivity index (χ2n) is 14.8. The maximum Gasteiger partial charge on any atom is 0.306 e. The van der Waals surface area contributed by atoms with Gasteiger partial charge < -0.3 is 28.6 Å². The molecule has 2 atom stereocenters. The fourth-order valence-electron chi connectivity index (χ4n) is 5.86. The molecule has 0 saturated carbocycles. The number of allylic oxidation sites excluding steroid dienone is 6. The number of quaternary nitrogens is 1. The maximum atomic E-state index is 12.6. The number of carboxylic acid groups (broad SMARTS) is 1.